The monoisotopic (exact) mass is 340 g/mol. The number of hydrogen-bond donors (Lipinski definition) is 3. The normalized spacial score (nSPS) is 12.7. The molecule has 0 amide bonds. The Hall–Kier alpha value is -3.15. The van der Waals surface area contributed by atoms with Gasteiger partial charge < -0.3 is 15.3 Å². The average Bonchev–Trinajstić information content (AvgIpc) is 2.59. The number of fused-ring (bicyclic) bond motifs is 2. The number of benzene rings is 2. The van der Waals surface area contributed by atoms with Crippen molar-refractivity contribution < 1.29 is 29.7 Å². The second kappa shape index (κ2) is 6.05. The van der Waals surface area contributed by atoms with Gasteiger partial charge in [-0.3, -0.25) is 14.4 Å². The molecule has 0 aromatic heterocycles. The van der Waals surface area contributed by atoms with Crippen LogP contribution in [0.5, 0.6) is 17.2 Å². The van der Waals surface area contributed by atoms with Gasteiger partial charge in [0.2, 0.25) is 5.78 Å². The number of phenolic OH excluding ortho intramolecular Hbond substituents is 3. The van der Waals surface area contributed by atoms with Crippen molar-refractivity contribution in [3.63, 3.8) is 0 Å². The highest BCUT2D eigenvalue weighted by Gasteiger charge is 2.37. The lowest BCUT2D eigenvalue weighted by molar-refractivity contribution is -0.118. The van der Waals surface area contributed by atoms with Crippen LogP contribution in [-0.2, 0) is 11.2 Å². The molecule has 0 spiro atoms. The van der Waals surface area contributed by atoms with E-state index >= 15 is 0 Å². The SMILES string of the molecule is CCC(=O)CCc1cc(O)c2c(c1O)C(=O)c1cccc(O)c1C2=O. The van der Waals surface area contributed by atoms with Gasteiger partial charge in [0.15, 0.2) is 5.78 Å². The summed E-state index contributed by atoms with van der Waals surface area (Å²) in [7, 11) is 0. The molecular formula is C19H16O6. The quantitative estimate of drug-likeness (QED) is 0.629. The molecule has 0 heterocycles. The Morgan fingerprint density at radius 3 is 2.36 bits per heavy atom. The third kappa shape index (κ3) is 2.55. The molecule has 3 rings (SSSR count). The molecule has 6 heteroatoms. The minimum absolute atomic E-state index is 0.0192. The Balaban J connectivity index is 2.16. The molecule has 2 aromatic rings. The summed E-state index contributed by atoms with van der Waals surface area (Å²) in [5.74, 6) is -2.64. The van der Waals surface area contributed by atoms with Crippen LogP contribution in [0, 0.1) is 0 Å². The maximum absolute atomic E-state index is 12.7. The van der Waals surface area contributed by atoms with Crippen LogP contribution >= 0.6 is 0 Å². The van der Waals surface area contributed by atoms with E-state index in [0.29, 0.717) is 6.42 Å². The average molecular weight is 340 g/mol. The maximum atomic E-state index is 12.7. The molecule has 3 N–H and O–H groups in total. The maximum Gasteiger partial charge on any atom is 0.202 e. The minimum Gasteiger partial charge on any atom is -0.507 e. The first-order valence-corrected chi connectivity index (χ1v) is 7.87. The van der Waals surface area contributed by atoms with Crippen molar-refractivity contribution in [3.8, 4) is 17.2 Å². The van der Waals surface area contributed by atoms with Crippen molar-refractivity contribution in [2.24, 2.45) is 0 Å². The predicted octanol–water partition coefficient (Wildman–Crippen LogP) is 2.49. The van der Waals surface area contributed by atoms with E-state index in [4.69, 9.17) is 0 Å². The van der Waals surface area contributed by atoms with E-state index in [2.05, 4.69) is 0 Å². The molecule has 0 atom stereocenters. The lowest BCUT2D eigenvalue weighted by atomic mass is 9.81. The summed E-state index contributed by atoms with van der Waals surface area (Å²) in [6.45, 7) is 1.72. The summed E-state index contributed by atoms with van der Waals surface area (Å²) in [6, 6.07) is 5.26. The topological polar surface area (TPSA) is 112 Å². The van der Waals surface area contributed by atoms with Crippen molar-refractivity contribution in [2.75, 3.05) is 0 Å². The van der Waals surface area contributed by atoms with Gasteiger partial charge in [-0.25, -0.2) is 0 Å². The fraction of sp³-hybridized carbons (Fsp3) is 0.211. The zero-order chi connectivity index (χ0) is 18.3. The van der Waals surface area contributed by atoms with E-state index in [9.17, 15) is 29.7 Å². The Morgan fingerprint density at radius 1 is 0.960 bits per heavy atom. The van der Waals surface area contributed by atoms with E-state index in [1.807, 2.05) is 0 Å². The molecule has 6 nitrogen and oxygen atoms in total. The second-order valence-electron chi connectivity index (χ2n) is 5.90. The van der Waals surface area contributed by atoms with E-state index < -0.39 is 23.1 Å². The highest BCUT2D eigenvalue weighted by molar-refractivity contribution is 6.31. The number of ketones is 3. The number of aromatic hydroxyl groups is 3. The van der Waals surface area contributed by atoms with Crippen molar-refractivity contribution >= 4 is 17.3 Å². The summed E-state index contributed by atoms with van der Waals surface area (Å²) in [6.07, 6.45) is 0.650. The number of carbonyl (C=O) groups is 3. The molecule has 0 aliphatic heterocycles. The molecule has 0 radical (unpaired) electrons. The van der Waals surface area contributed by atoms with Gasteiger partial charge in [0.05, 0.1) is 16.7 Å². The molecule has 0 fully saturated rings. The van der Waals surface area contributed by atoms with Gasteiger partial charge in [0, 0.05) is 18.4 Å². The third-order valence-corrected chi connectivity index (χ3v) is 4.39. The Morgan fingerprint density at radius 2 is 1.68 bits per heavy atom. The van der Waals surface area contributed by atoms with Crippen LogP contribution in [0.4, 0.5) is 0 Å². The van der Waals surface area contributed by atoms with E-state index in [0.717, 1.165) is 0 Å². The first-order chi connectivity index (χ1) is 11.9. The molecule has 1 aliphatic carbocycles. The zero-order valence-electron chi connectivity index (χ0n) is 13.5. The third-order valence-electron chi connectivity index (χ3n) is 4.39. The summed E-state index contributed by atoms with van der Waals surface area (Å²) >= 11 is 0. The van der Waals surface area contributed by atoms with Gasteiger partial charge in [-0.2, -0.15) is 0 Å². The van der Waals surface area contributed by atoms with Crippen molar-refractivity contribution in [2.45, 2.75) is 26.2 Å². The van der Waals surface area contributed by atoms with Crippen LogP contribution < -0.4 is 0 Å². The molecule has 2 aromatic carbocycles. The van der Waals surface area contributed by atoms with Gasteiger partial charge in [-0.15, -0.1) is 0 Å². The molecule has 0 unspecified atom stereocenters. The first-order valence-electron chi connectivity index (χ1n) is 7.87. The van der Waals surface area contributed by atoms with Gasteiger partial charge in [-0.1, -0.05) is 19.1 Å². The molecule has 25 heavy (non-hydrogen) atoms. The minimum atomic E-state index is -0.730. The van der Waals surface area contributed by atoms with Crippen LogP contribution in [0.15, 0.2) is 24.3 Å². The molecule has 0 bridgehead atoms. The van der Waals surface area contributed by atoms with Crippen LogP contribution in [-0.4, -0.2) is 32.7 Å². The number of aryl methyl sites for hydroxylation is 1. The first kappa shape index (κ1) is 16.7. The molecule has 128 valence electrons. The van der Waals surface area contributed by atoms with E-state index in [-0.39, 0.29) is 52.2 Å². The fourth-order valence-corrected chi connectivity index (χ4v) is 3.03. The van der Waals surface area contributed by atoms with Crippen LogP contribution in [0.25, 0.3) is 0 Å². The summed E-state index contributed by atoms with van der Waals surface area (Å²) in [5, 5.41) is 30.6. The highest BCUT2D eigenvalue weighted by Crippen LogP contribution is 2.42. The number of carbonyl (C=O) groups excluding carboxylic acids is 3. The summed E-state index contributed by atoms with van der Waals surface area (Å²) in [5.41, 5.74) is -0.621. The Bertz CT molecular complexity index is 926. The number of rotatable bonds is 4. The standard InChI is InChI=1S/C19H16O6/c1-2-10(20)7-6-9-8-13(22)15-16(17(9)23)18(24)11-4-3-5-12(21)14(11)19(15)25/h3-5,8,21-23H,2,6-7H2,1H3. The number of phenols is 3. The summed E-state index contributed by atoms with van der Waals surface area (Å²) in [4.78, 5) is 36.9. The van der Waals surface area contributed by atoms with Crippen LogP contribution in [0.3, 0.4) is 0 Å². The van der Waals surface area contributed by atoms with Gasteiger partial charge in [0.25, 0.3) is 0 Å². The second-order valence-corrected chi connectivity index (χ2v) is 5.90. The highest BCUT2D eigenvalue weighted by atomic mass is 16.3. The Labute approximate surface area is 143 Å². The smallest absolute Gasteiger partial charge is 0.202 e. The van der Waals surface area contributed by atoms with Gasteiger partial charge in [0.1, 0.15) is 23.0 Å². The molecule has 0 saturated heterocycles. The molecule has 1 aliphatic rings. The predicted molar refractivity (Wildman–Crippen MR) is 88.4 cm³/mol. The van der Waals surface area contributed by atoms with Crippen molar-refractivity contribution in [1.82, 2.24) is 0 Å². The summed E-state index contributed by atoms with van der Waals surface area (Å²) < 4.78 is 0. The van der Waals surface area contributed by atoms with Gasteiger partial charge in [-0.05, 0) is 24.1 Å². The number of hydrogen-bond acceptors (Lipinski definition) is 6. The van der Waals surface area contributed by atoms with E-state index in [1.165, 1.54) is 24.3 Å². The zero-order valence-corrected chi connectivity index (χ0v) is 13.5. The van der Waals surface area contributed by atoms with Crippen molar-refractivity contribution in [3.05, 3.63) is 52.1 Å². The Kier molecular flexibility index (Phi) is 4.04. The van der Waals surface area contributed by atoms with Crippen LogP contribution in [0.1, 0.15) is 57.2 Å². The lowest BCUT2D eigenvalue weighted by Gasteiger charge is -2.21. The van der Waals surface area contributed by atoms with Crippen LogP contribution in [0.2, 0.25) is 0 Å². The van der Waals surface area contributed by atoms with E-state index in [1.54, 1.807) is 6.92 Å². The van der Waals surface area contributed by atoms with Gasteiger partial charge >= 0.3 is 0 Å². The lowest BCUT2D eigenvalue weighted by Crippen LogP contribution is -2.22. The van der Waals surface area contributed by atoms with Crippen molar-refractivity contribution in [1.29, 1.82) is 0 Å². The fourth-order valence-electron chi connectivity index (χ4n) is 3.03. The number of Topliss-reactive ketones (excluding diaryl/α,β-unsaturated/α-hetero) is 1. The molecule has 0 saturated carbocycles. The molecular weight excluding hydrogens is 324 g/mol. The largest absolute Gasteiger partial charge is 0.507 e.